The van der Waals surface area contributed by atoms with Crippen LogP contribution >= 0.6 is 0 Å². The van der Waals surface area contributed by atoms with Crippen LogP contribution in [0.3, 0.4) is 0 Å². The van der Waals surface area contributed by atoms with Crippen LogP contribution in [0.2, 0.25) is 0 Å². The minimum Gasteiger partial charge on any atom is -0.258 e. The molecule has 0 spiro atoms. The van der Waals surface area contributed by atoms with E-state index in [0.29, 0.717) is 0 Å². The molecule has 66 valence electrons. The van der Waals surface area contributed by atoms with Gasteiger partial charge in [-0.3, -0.25) is 4.99 Å². The van der Waals surface area contributed by atoms with Crippen LogP contribution in [0, 0.1) is 0 Å². The zero-order chi connectivity index (χ0) is 9.56. The van der Waals surface area contributed by atoms with Gasteiger partial charge in [-0.15, -0.1) is 0 Å². The molecule has 0 aromatic heterocycles. The molecule has 0 aromatic rings. The summed E-state index contributed by atoms with van der Waals surface area (Å²) in [6, 6.07) is 0. The van der Waals surface area contributed by atoms with Crippen LogP contribution in [0.25, 0.3) is 0 Å². The summed E-state index contributed by atoms with van der Waals surface area (Å²) in [5, 5.41) is 0. The zero-order valence-corrected chi connectivity index (χ0v) is 8.22. The van der Waals surface area contributed by atoms with E-state index in [0.717, 1.165) is 23.4 Å². The predicted molar refractivity (Wildman–Crippen MR) is 56.5 cm³/mol. The molecule has 0 bridgehead atoms. The lowest BCUT2D eigenvalue weighted by molar-refractivity contribution is 1.21. The molecule has 1 heteroatoms. The lowest BCUT2D eigenvalue weighted by Gasteiger charge is -1.99. The molecule has 0 rings (SSSR count). The average Bonchev–Trinajstić information content (AvgIpc) is 2.12. The molecule has 0 aliphatic carbocycles. The molecule has 0 aliphatic heterocycles. The molecule has 0 radical (unpaired) electrons. The Labute approximate surface area is 75.2 Å². The van der Waals surface area contributed by atoms with Gasteiger partial charge in [-0.1, -0.05) is 26.2 Å². The van der Waals surface area contributed by atoms with E-state index >= 15 is 0 Å². The Morgan fingerprint density at radius 2 is 1.83 bits per heavy atom. The summed E-state index contributed by atoms with van der Waals surface area (Å²) in [7, 11) is 0. The SMILES string of the molecule is C=C/C(C)=C(\C=C)N=C(C)CC. The topological polar surface area (TPSA) is 12.4 Å². The van der Waals surface area contributed by atoms with Gasteiger partial charge < -0.3 is 0 Å². The van der Waals surface area contributed by atoms with Crippen LogP contribution in [0.4, 0.5) is 0 Å². The van der Waals surface area contributed by atoms with Crippen molar-refractivity contribution in [3.05, 3.63) is 36.6 Å². The van der Waals surface area contributed by atoms with Crippen molar-refractivity contribution < 1.29 is 0 Å². The standard InChI is InChI=1S/C11H17N/c1-6-9(4)11(8-3)12-10(5)7-2/h6,8H,1,3,7H2,2,4-5H3/b11-9+,12-10?. The second kappa shape index (κ2) is 5.53. The van der Waals surface area contributed by atoms with Crippen LogP contribution in [-0.4, -0.2) is 5.71 Å². The summed E-state index contributed by atoms with van der Waals surface area (Å²) >= 11 is 0. The Bertz CT molecular complexity index is 231. The van der Waals surface area contributed by atoms with E-state index in [1.54, 1.807) is 12.2 Å². The number of hydrogen-bond acceptors (Lipinski definition) is 1. The molecule has 12 heavy (non-hydrogen) atoms. The minimum atomic E-state index is 0.921. The van der Waals surface area contributed by atoms with Gasteiger partial charge in [0, 0.05) is 5.71 Å². The lowest BCUT2D eigenvalue weighted by atomic mass is 10.2. The highest BCUT2D eigenvalue weighted by Gasteiger charge is 1.93. The van der Waals surface area contributed by atoms with Gasteiger partial charge in [0.05, 0.1) is 5.70 Å². The van der Waals surface area contributed by atoms with Crippen LogP contribution in [-0.2, 0) is 0 Å². The van der Waals surface area contributed by atoms with Gasteiger partial charge in [-0.2, -0.15) is 0 Å². The van der Waals surface area contributed by atoms with Gasteiger partial charge >= 0.3 is 0 Å². The Morgan fingerprint density at radius 1 is 1.25 bits per heavy atom. The number of nitrogens with zero attached hydrogens (tertiary/aromatic N) is 1. The second-order valence-electron chi connectivity index (χ2n) is 2.68. The maximum Gasteiger partial charge on any atom is 0.0651 e. The quantitative estimate of drug-likeness (QED) is 0.444. The van der Waals surface area contributed by atoms with Gasteiger partial charge in [0.15, 0.2) is 0 Å². The number of aliphatic imine (C=N–C) groups is 1. The first kappa shape index (κ1) is 10.9. The molecule has 0 heterocycles. The normalized spacial score (nSPS) is 13.8. The van der Waals surface area contributed by atoms with Crippen LogP contribution < -0.4 is 0 Å². The van der Waals surface area contributed by atoms with E-state index in [1.165, 1.54) is 0 Å². The molecule has 0 saturated carbocycles. The van der Waals surface area contributed by atoms with Crippen molar-refractivity contribution in [2.45, 2.75) is 27.2 Å². The fraction of sp³-hybridized carbons (Fsp3) is 0.364. The first-order valence-electron chi connectivity index (χ1n) is 4.15. The number of allylic oxidation sites excluding steroid dienone is 3. The third kappa shape index (κ3) is 3.33. The molecular weight excluding hydrogens is 146 g/mol. The maximum absolute atomic E-state index is 4.39. The van der Waals surface area contributed by atoms with Gasteiger partial charge in [-0.05, 0) is 31.9 Å². The molecule has 0 unspecified atom stereocenters. The van der Waals surface area contributed by atoms with Crippen molar-refractivity contribution in [3.63, 3.8) is 0 Å². The van der Waals surface area contributed by atoms with E-state index in [1.807, 2.05) is 13.8 Å². The van der Waals surface area contributed by atoms with Gasteiger partial charge in [0.1, 0.15) is 0 Å². The highest BCUT2D eigenvalue weighted by atomic mass is 14.7. The summed E-state index contributed by atoms with van der Waals surface area (Å²) in [5.74, 6) is 0. The molecule has 1 nitrogen and oxygen atoms in total. The van der Waals surface area contributed by atoms with Crippen LogP contribution in [0.1, 0.15) is 27.2 Å². The molecule has 0 N–H and O–H groups in total. The molecule has 0 aromatic carbocycles. The first-order valence-corrected chi connectivity index (χ1v) is 4.15. The molecule has 0 amide bonds. The molecule has 0 saturated heterocycles. The third-order valence-electron chi connectivity index (χ3n) is 1.73. The summed E-state index contributed by atoms with van der Waals surface area (Å²) in [6.07, 6.45) is 4.53. The van der Waals surface area contributed by atoms with Crippen molar-refractivity contribution in [1.29, 1.82) is 0 Å². The summed E-state index contributed by atoms with van der Waals surface area (Å²) in [4.78, 5) is 4.39. The largest absolute Gasteiger partial charge is 0.258 e. The third-order valence-corrected chi connectivity index (χ3v) is 1.73. The molecule has 0 aliphatic rings. The van der Waals surface area contributed by atoms with Crippen LogP contribution in [0.5, 0.6) is 0 Å². The molecular formula is C11H17N. The van der Waals surface area contributed by atoms with Crippen molar-refractivity contribution in [1.82, 2.24) is 0 Å². The zero-order valence-electron chi connectivity index (χ0n) is 8.22. The Balaban J connectivity index is 4.81. The number of hydrogen-bond donors (Lipinski definition) is 0. The van der Waals surface area contributed by atoms with Crippen molar-refractivity contribution >= 4 is 5.71 Å². The van der Waals surface area contributed by atoms with E-state index in [-0.39, 0.29) is 0 Å². The van der Waals surface area contributed by atoms with Crippen molar-refractivity contribution in [2.24, 2.45) is 4.99 Å². The lowest BCUT2D eigenvalue weighted by Crippen LogP contribution is -1.89. The van der Waals surface area contributed by atoms with Gasteiger partial charge in [-0.25, -0.2) is 0 Å². The summed E-state index contributed by atoms with van der Waals surface area (Å²) in [6.45, 7) is 13.5. The predicted octanol–water partition coefficient (Wildman–Crippen LogP) is 3.50. The second-order valence-corrected chi connectivity index (χ2v) is 2.68. The van der Waals surface area contributed by atoms with E-state index in [2.05, 4.69) is 25.1 Å². The van der Waals surface area contributed by atoms with E-state index in [9.17, 15) is 0 Å². The first-order chi connectivity index (χ1) is 5.65. The Hall–Kier alpha value is -1.11. The minimum absolute atomic E-state index is 0.921. The highest BCUT2D eigenvalue weighted by Crippen LogP contribution is 2.08. The van der Waals surface area contributed by atoms with Crippen molar-refractivity contribution in [2.75, 3.05) is 0 Å². The smallest absolute Gasteiger partial charge is 0.0651 e. The highest BCUT2D eigenvalue weighted by molar-refractivity contribution is 5.82. The fourth-order valence-electron chi connectivity index (χ4n) is 0.684. The van der Waals surface area contributed by atoms with Gasteiger partial charge in [0.25, 0.3) is 0 Å². The van der Waals surface area contributed by atoms with Crippen molar-refractivity contribution in [3.8, 4) is 0 Å². The molecule has 0 atom stereocenters. The van der Waals surface area contributed by atoms with E-state index in [4.69, 9.17) is 0 Å². The summed E-state index contributed by atoms with van der Waals surface area (Å²) in [5.41, 5.74) is 3.10. The maximum atomic E-state index is 4.39. The van der Waals surface area contributed by atoms with E-state index < -0.39 is 0 Å². The number of rotatable bonds is 4. The molecule has 0 fully saturated rings. The van der Waals surface area contributed by atoms with Gasteiger partial charge in [0.2, 0.25) is 0 Å². The Morgan fingerprint density at radius 3 is 2.17 bits per heavy atom. The fourth-order valence-corrected chi connectivity index (χ4v) is 0.684. The average molecular weight is 163 g/mol. The monoisotopic (exact) mass is 163 g/mol. The summed E-state index contributed by atoms with van der Waals surface area (Å²) < 4.78 is 0. The Kier molecular flexibility index (Phi) is 5.02. The van der Waals surface area contributed by atoms with Crippen LogP contribution in [0.15, 0.2) is 41.6 Å².